The third-order valence-corrected chi connectivity index (χ3v) is 10.4. The molecule has 0 fully saturated rings. The molecule has 2 aromatic heterocycles. The molecule has 0 amide bonds. The van der Waals surface area contributed by atoms with E-state index in [1.807, 2.05) is 0 Å². The van der Waals surface area contributed by atoms with Gasteiger partial charge in [0.2, 0.25) is 0 Å². The lowest BCUT2D eigenvalue weighted by Gasteiger charge is -2.14. The van der Waals surface area contributed by atoms with Crippen LogP contribution in [-0.2, 0) is 0 Å². The molecule has 1 heteroatoms. The van der Waals surface area contributed by atoms with Crippen LogP contribution in [0.2, 0.25) is 0 Å². The van der Waals surface area contributed by atoms with Crippen molar-refractivity contribution in [2.75, 3.05) is 0 Å². The van der Waals surface area contributed by atoms with Crippen LogP contribution in [0.1, 0.15) is 0 Å². The minimum absolute atomic E-state index is 1.26. The van der Waals surface area contributed by atoms with Crippen LogP contribution in [0.5, 0.6) is 0 Å². The maximum atomic E-state index is 2.56. The maximum Gasteiger partial charge on any atom is 0.0620 e. The number of benzene rings is 9. The molecular weight excluding hydrogens is 567 g/mol. The summed E-state index contributed by atoms with van der Waals surface area (Å²) in [5.41, 5.74) is 8.94. The normalized spacial score (nSPS) is 12.3. The number of hydrogen-bond donors (Lipinski definition) is 0. The van der Waals surface area contributed by atoms with E-state index < -0.39 is 0 Å². The predicted octanol–water partition coefficient (Wildman–Crippen LogP) is 12.8. The Kier molecular flexibility index (Phi) is 4.90. The van der Waals surface area contributed by atoms with Gasteiger partial charge in [0.25, 0.3) is 0 Å². The molecule has 9 aromatic carbocycles. The van der Waals surface area contributed by atoms with Gasteiger partial charge in [-0.05, 0) is 89.6 Å². The molecule has 0 unspecified atom stereocenters. The van der Waals surface area contributed by atoms with Crippen LogP contribution in [0, 0.1) is 0 Å². The van der Waals surface area contributed by atoms with E-state index in [-0.39, 0.29) is 0 Å². The third kappa shape index (κ3) is 3.38. The van der Waals surface area contributed by atoms with Crippen molar-refractivity contribution in [1.82, 2.24) is 4.40 Å². The molecule has 0 spiro atoms. The molecule has 0 aliphatic heterocycles. The Morgan fingerprint density at radius 1 is 0.298 bits per heavy atom. The second-order valence-electron chi connectivity index (χ2n) is 12.9. The fraction of sp³-hybridized carbons (Fsp3) is 0. The molecule has 0 saturated carbocycles. The molecule has 47 heavy (non-hydrogen) atoms. The lowest BCUT2D eigenvalue weighted by atomic mass is 9.90. The summed E-state index contributed by atoms with van der Waals surface area (Å²) in [5, 5.41) is 15.4. The molecule has 0 bridgehead atoms. The van der Waals surface area contributed by atoms with Crippen molar-refractivity contribution in [2.24, 2.45) is 0 Å². The van der Waals surface area contributed by atoms with Gasteiger partial charge >= 0.3 is 0 Å². The van der Waals surface area contributed by atoms with Crippen molar-refractivity contribution >= 4 is 81.2 Å². The Labute approximate surface area is 270 Å². The van der Waals surface area contributed by atoms with Gasteiger partial charge in [0, 0.05) is 21.5 Å². The van der Waals surface area contributed by atoms with E-state index in [1.165, 1.54) is 103 Å². The first-order valence-electron chi connectivity index (χ1n) is 16.4. The van der Waals surface area contributed by atoms with Crippen LogP contribution in [0.25, 0.3) is 103 Å². The van der Waals surface area contributed by atoms with Crippen molar-refractivity contribution in [3.05, 3.63) is 164 Å². The molecule has 0 saturated heterocycles. The SMILES string of the molecule is c1ccc2cc(-c3c4ccccc4cc4c3c3cccc5c6c(-c7ccc8ccccc8c7)c7ccccc7cc6n4c35)ccc2c1. The van der Waals surface area contributed by atoms with E-state index in [0.29, 0.717) is 0 Å². The molecule has 2 heterocycles. The van der Waals surface area contributed by atoms with Gasteiger partial charge in [-0.3, -0.25) is 0 Å². The summed E-state index contributed by atoms with van der Waals surface area (Å²) in [6, 6.07) is 60.8. The van der Waals surface area contributed by atoms with Gasteiger partial charge in [-0.1, -0.05) is 140 Å². The van der Waals surface area contributed by atoms with Crippen LogP contribution >= 0.6 is 0 Å². The van der Waals surface area contributed by atoms with E-state index in [9.17, 15) is 0 Å². The Balaban J connectivity index is 1.35. The second-order valence-corrected chi connectivity index (χ2v) is 12.9. The number of aromatic nitrogens is 1. The van der Waals surface area contributed by atoms with Crippen molar-refractivity contribution in [3.8, 4) is 22.3 Å². The zero-order valence-electron chi connectivity index (χ0n) is 25.5. The molecule has 11 rings (SSSR count). The lowest BCUT2D eigenvalue weighted by molar-refractivity contribution is 1.38. The smallest absolute Gasteiger partial charge is 0.0620 e. The molecule has 0 N–H and O–H groups in total. The fourth-order valence-corrected chi connectivity index (χ4v) is 8.41. The van der Waals surface area contributed by atoms with Gasteiger partial charge < -0.3 is 4.40 Å². The summed E-state index contributed by atoms with van der Waals surface area (Å²) in [7, 11) is 0. The number of fused-ring (bicyclic) bond motifs is 10. The lowest BCUT2D eigenvalue weighted by Crippen LogP contribution is -1.89. The average molecular weight is 594 g/mol. The molecule has 0 atom stereocenters. The number of nitrogens with zero attached hydrogens (tertiary/aromatic N) is 1. The molecule has 0 aliphatic rings. The van der Waals surface area contributed by atoms with Crippen LogP contribution < -0.4 is 0 Å². The highest BCUT2D eigenvalue weighted by Crippen LogP contribution is 2.49. The van der Waals surface area contributed by atoms with E-state index in [1.54, 1.807) is 0 Å². The van der Waals surface area contributed by atoms with Gasteiger partial charge in [0.15, 0.2) is 0 Å². The predicted molar refractivity (Wildman–Crippen MR) is 202 cm³/mol. The maximum absolute atomic E-state index is 2.56. The fourth-order valence-electron chi connectivity index (χ4n) is 8.41. The molecule has 0 radical (unpaired) electrons. The largest absolute Gasteiger partial charge is 0.308 e. The Hall–Kier alpha value is -6.18. The summed E-state index contributed by atoms with van der Waals surface area (Å²) in [6.45, 7) is 0. The van der Waals surface area contributed by atoms with Gasteiger partial charge in [0.1, 0.15) is 0 Å². The van der Waals surface area contributed by atoms with Crippen LogP contribution in [0.3, 0.4) is 0 Å². The highest BCUT2D eigenvalue weighted by Gasteiger charge is 2.24. The molecule has 11 aromatic rings. The number of para-hydroxylation sites is 1. The van der Waals surface area contributed by atoms with Crippen molar-refractivity contribution in [3.63, 3.8) is 0 Å². The quantitative estimate of drug-likeness (QED) is 0.188. The van der Waals surface area contributed by atoms with Crippen LogP contribution in [-0.4, -0.2) is 4.40 Å². The van der Waals surface area contributed by atoms with E-state index in [2.05, 4.69) is 168 Å². The minimum Gasteiger partial charge on any atom is -0.308 e. The minimum atomic E-state index is 1.26. The molecule has 1 nitrogen and oxygen atoms in total. The summed E-state index contributed by atoms with van der Waals surface area (Å²) in [6.07, 6.45) is 0. The van der Waals surface area contributed by atoms with Crippen molar-refractivity contribution < 1.29 is 0 Å². The highest BCUT2D eigenvalue weighted by atomic mass is 14.9. The Morgan fingerprint density at radius 3 is 1.19 bits per heavy atom. The highest BCUT2D eigenvalue weighted by molar-refractivity contribution is 6.32. The first kappa shape index (κ1) is 25.1. The Morgan fingerprint density at radius 2 is 0.702 bits per heavy atom. The van der Waals surface area contributed by atoms with Crippen LogP contribution in [0.15, 0.2) is 164 Å². The monoisotopic (exact) mass is 593 g/mol. The van der Waals surface area contributed by atoms with Crippen molar-refractivity contribution in [1.29, 1.82) is 0 Å². The van der Waals surface area contributed by atoms with E-state index in [4.69, 9.17) is 0 Å². The zero-order valence-corrected chi connectivity index (χ0v) is 25.5. The van der Waals surface area contributed by atoms with Gasteiger partial charge in [0.05, 0.1) is 16.6 Å². The first-order valence-corrected chi connectivity index (χ1v) is 16.4. The van der Waals surface area contributed by atoms with E-state index >= 15 is 0 Å². The van der Waals surface area contributed by atoms with Gasteiger partial charge in [-0.15, -0.1) is 0 Å². The topological polar surface area (TPSA) is 4.41 Å². The second kappa shape index (κ2) is 9.19. The molecular formula is C46H27N. The molecule has 0 aliphatic carbocycles. The number of rotatable bonds is 2. The summed E-state index contributed by atoms with van der Waals surface area (Å²) >= 11 is 0. The standard InChI is InChI=1S/C46H27N/c1-3-12-30-24-34(22-20-28(30)10-1)42-36-16-7-5-14-32(36)26-40-44(42)38-18-9-19-39-45-41(47(40)46(38)39)27-33-15-6-8-17-37(33)43(45)35-23-21-29-11-2-4-13-31(29)25-35/h1-27H. The number of hydrogen-bond acceptors (Lipinski definition) is 0. The third-order valence-electron chi connectivity index (χ3n) is 10.4. The summed E-state index contributed by atoms with van der Waals surface area (Å²) in [4.78, 5) is 0. The van der Waals surface area contributed by atoms with Gasteiger partial charge in [-0.25, -0.2) is 0 Å². The average Bonchev–Trinajstić information content (AvgIpc) is 3.64. The van der Waals surface area contributed by atoms with E-state index in [0.717, 1.165) is 0 Å². The Bertz CT molecular complexity index is 2860. The van der Waals surface area contributed by atoms with Gasteiger partial charge in [-0.2, -0.15) is 0 Å². The molecule has 216 valence electrons. The first-order chi connectivity index (χ1) is 23.3. The summed E-state index contributed by atoms with van der Waals surface area (Å²) < 4.78 is 2.56. The van der Waals surface area contributed by atoms with Crippen LogP contribution in [0.4, 0.5) is 0 Å². The van der Waals surface area contributed by atoms with Crippen molar-refractivity contribution in [2.45, 2.75) is 0 Å². The zero-order chi connectivity index (χ0) is 30.6. The summed E-state index contributed by atoms with van der Waals surface area (Å²) in [5.74, 6) is 0.